The van der Waals surface area contributed by atoms with Crippen molar-refractivity contribution >= 4 is 11.9 Å². The van der Waals surface area contributed by atoms with Crippen molar-refractivity contribution < 1.29 is 14.7 Å². The zero-order valence-corrected chi connectivity index (χ0v) is 10.0. The van der Waals surface area contributed by atoms with Gasteiger partial charge in [0.15, 0.2) is 0 Å². The molecule has 4 nitrogen and oxygen atoms in total. The lowest BCUT2D eigenvalue weighted by Gasteiger charge is -2.24. The van der Waals surface area contributed by atoms with Gasteiger partial charge in [0.25, 0.3) is 0 Å². The van der Waals surface area contributed by atoms with Gasteiger partial charge < -0.3 is 10.4 Å². The highest BCUT2D eigenvalue weighted by Gasteiger charge is 2.23. The molecule has 0 radical (unpaired) electrons. The first-order valence-electron chi connectivity index (χ1n) is 6.00. The lowest BCUT2D eigenvalue weighted by Crippen LogP contribution is -2.33. The van der Waals surface area contributed by atoms with Crippen LogP contribution < -0.4 is 5.32 Å². The van der Waals surface area contributed by atoms with Crippen molar-refractivity contribution in [2.24, 2.45) is 17.8 Å². The molecule has 4 heteroatoms. The molecule has 1 heterocycles. The highest BCUT2D eigenvalue weighted by Crippen LogP contribution is 2.24. The van der Waals surface area contributed by atoms with E-state index in [0.29, 0.717) is 12.3 Å². The summed E-state index contributed by atoms with van der Waals surface area (Å²) < 4.78 is 0. The molecule has 1 aliphatic rings. The Labute approximate surface area is 96.4 Å². The number of piperidine rings is 1. The fourth-order valence-corrected chi connectivity index (χ4v) is 2.09. The minimum Gasteiger partial charge on any atom is -0.481 e. The van der Waals surface area contributed by atoms with E-state index in [1.54, 1.807) is 6.92 Å². The molecule has 0 bridgehead atoms. The van der Waals surface area contributed by atoms with Gasteiger partial charge >= 0.3 is 5.97 Å². The monoisotopic (exact) mass is 227 g/mol. The standard InChI is InChI=1S/C12H21NO3/c1-8(9(2)12(15)16)3-4-10-5-6-13-11(14)7-10/h8-10H,3-7H2,1-2H3,(H,13,14)(H,15,16). The van der Waals surface area contributed by atoms with Gasteiger partial charge in [-0.1, -0.05) is 13.8 Å². The quantitative estimate of drug-likeness (QED) is 0.750. The van der Waals surface area contributed by atoms with Crippen molar-refractivity contribution in [2.75, 3.05) is 6.54 Å². The van der Waals surface area contributed by atoms with Crippen LogP contribution in [0.15, 0.2) is 0 Å². The van der Waals surface area contributed by atoms with E-state index in [2.05, 4.69) is 5.32 Å². The van der Waals surface area contributed by atoms with Crippen molar-refractivity contribution in [3.63, 3.8) is 0 Å². The number of hydrogen-bond donors (Lipinski definition) is 2. The van der Waals surface area contributed by atoms with Crippen molar-refractivity contribution in [3.05, 3.63) is 0 Å². The predicted molar refractivity (Wildman–Crippen MR) is 60.9 cm³/mol. The second kappa shape index (κ2) is 5.87. The Morgan fingerprint density at radius 3 is 2.81 bits per heavy atom. The van der Waals surface area contributed by atoms with Crippen LogP contribution >= 0.6 is 0 Å². The zero-order valence-electron chi connectivity index (χ0n) is 10.0. The molecule has 2 N–H and O–H groups in total. The summed E-state index contributed by atoms with van der Waals surface area (Å²) in [7, 11) is 0. The number of carbonyl (C=O) groups is 2. The van der Waals surface area contributed by atoms with Gasteiger partial charge in [0.05, 0.1) is 5.92 Å². The molecule has 1 fully saturated rings. The van der Waals surface area contributed by atoms with E-state index in [4.69, 9.17) is 5.11 Å². The van der Waals surface area contributed by atoms with Crippen LogP contribution in [0.25, 0.3) is 0 Å². The molecule has 0 saturated carbocycles. The molecule has 3 atom stereocenters. The van der Waals surface area contributed by atoms with Crippen molar-refractivity contribution in [1.82, 2.24) is 5.32 Å². The van der Waals surface area contributed by atoms with Crippen molar-refractivity contribution in [1.29, 1.82) is 0 Å². The molecule has 0 aromatic heterocycles. The smallest absolute Gasteiger partial charge is 0.306 e. The molecule has 3 unspecified atom stereocenters. The van der Waals surface area contributed by atoms with Crippen LogP contribution in [0.5, 0.6) is 0 Å². The van der Waals surface area contributed by atoms with Crippen LogP contribution in [0.4, 0.5) is 0 Å². The largest absolute Gasteiger partial charge is 0.481 e. The third-order valence-electron chi connectivity index (χ3n) is 3.62. The van der Waals surface area contributed by atoms with Gasteiger partial charge in [-0.2, -0.15) is 0 Å². The number of hydrogen-bond acceptors (Lipinski definition) is 2. The first kappa shape index (κ1) is 13.0. The lowest BCUT2D eigenvalue weighted by molar-refractivity contribution is -0.143. The number of aliphatic carboxylic acids is 1. The topological polar surface area (TPSA) is 66.4 Å². The molecule has 1 amide bonds. The van der Waals surface area contributed by atoms with E-state index in [9.17, 15) is 9.59 Å². The average Bonchev–Trinajstić information content (AvgIpc) is 2.24. The third-order valence-corrected chi connectivity index (χ3v) is 3.62. The fraction of sp³-hybridized carbons (Fsp3) is 0.833. The van der Waals surface area contributed by atoms with E-state index in [0.717, 1.165) is 25.8 Å². The number of amides is 1. The van der Waals surface area contributed by atoms with Gasteiger partial charge in [-0.25, -0.2) is 0 Å². The number of nitrogens with one attached hydrogen (secondary N) is 1. The van der Waals surface area contributed by atoms with Crippen LogP contribution in [-0.2, 0) is 9.59 Å². The van der Waals surface area contributed by atoms with Crippen molar-refractivity contribution in [2.45, 2.75) is 39.5 Å². The lowest BCUT2D eigenvalue weighted by atomic mass is 9.85. The van der Waals surface area contributed by atoms with Crippen LogP contribution in [0.3, 0.4) is 0 Å². The Morgan fingerprint density at radius 1 is 1.56 bits per heavy atom. The number of carbonyl (C=O) groups excluding carboxylic acids is 1. The molecule has 0 aromatic carbocycles. The van der Waals surface area contributed by atoms with Gasteiger partial charge in [0, 0.05) is 13.0 Å². The Morgan fingerprint density at radius 2 is 2.25 bits per heavy atom. The van der Waals surface area contributed by atoms with E-state index in [1.165, 1.54) is 0 Å². The SMILES string of the molecule is CC(CCC1CCNC(=O)C1)C(C)C(=O)O. The molecule has 1 rings (SSSR count). The van der Waals surface area contributed by atoms with Crippen molar-refractivity contribution in [3.8, 4) is 0 Å². The van der Waals surface area contributed by atoms with E-state index < -0.39 is 5.97 Å². The Kier molecular flexibility index (Phi) is 4.77. The summed E-state index contributed by atoms with van der Waals surface area (Å²) in [6.07, 6.45) is 3.49. The first-order chi connectivity index (χ1) is 7.50. The summed E-state index contributed by atoms with van der Waals surface area (Å²) in [5.41, 5.74) is 0. The number of carboxylic acid groups (broad SMARTS) is 1. The first-order valence-corrected chi connectivity index (χ1v) is 6.00. The Bertz CT molecular complexity index is 261. The molecule has 0 spiro atoms. The maximum absolute atomic E-state index is 11.2. The Hall–Kier alpha value is -1.06. The second-order valence-corrected chi connectivity index (χ2v) is 4.89. The molecule has 1 saturated heterocycles. The van der Waals surface area contributed by atoms with E-state index in [1.807, 2.05) is 6.92 Å². The summed E-state index contributed by atoms with van der Waals surface area (Å²) in [5.74, 6) is -0.263. The summed E-state index contributed by atoms with van der Waals surface area (Å²) in [6, 6.07) is 0. The maximum Gasteiger partial charge on any atom is 0.306 e. The second-order valence-electron chi connectivity index (χ2n) is 4.89. The molecule has 1 aliphatic heterocycles. The minimum absolute atomic E-state index is 0.134. The number of carboxylic acids is 1. The van der Waals surface area contributed by atoms with Gasteiger partial charge in [-0.05, 0) is 31.1 Å². The normalized spacial score (nSPS) is 24.6. The van der Waals surface area contributed by atoms with Gasteiger partial charge in [0.2, 0.25) is 5.91 Å². The van der Waals surface area contributed by atoms with E-state index in [-0.39, 0.29) is 17.7 Å². The van der Waals surface area contributed by atoms with Crippen LogP contribution in [0, 0.1) is 17.8 Å². The Balaban J connectivity index is 2.28. The molecule has 92 valence electrons. The number of rotatable bonds is 5. The van der Waals surface area contributed by atoms with Crippen LogP contribution in [0.1, 0.15) is 39.5 Å². The van der Waals surface area contributed by atoms with Crippen LogP contribution in [0.2, 0.25) is 0 Å². The van der Waals surface area contributed by atoms with E-state index >= 15 is 0 Å². The fourth-order valence-electron chi connectivity index (χ4n) is 2.09. The molecule has 16 heavy (non-hydrogen) atoms. The molecule has 0 aromatic rings. The maximum atomic E-state index is 11.2. The summed E-state index contributed by atoms with van der Waals surface area (Å²) in [6.45, 7) is 4.49. The minimum atomic E-state index is -0.728. The van der Waals surface area contributed by atoms with Gasteiger partial charge in [-0.15, -0.1) is 0 Å². The molecule has 0 aliphatic carbocycles. The summed E-state index contributed by atoms with van der Waals surface area (Å²) in [4.78, 5) is 21.9. The molecular formula is C12H21NO3. The van der Waals surface area contributed by atoms with Crippen LogP contribution in [-0.4, -0.2) is 23.5 Å². The average molecular weight is 227 g/mol. The third kappa shape index (κ3) is 3.83. The van der Waals surface area contributed by atoms with Gasteiger partial charge in [0.1, 0.15) is 0 Å². The zero-order chi connectivity index (χ0) is 12.1. The summed E-state index contributed by atoms with van der Waals surface area (Å²) in [5, 5.41) is 11.7. The highest BCUT2D eigenvalue weighted by atomic mass is 16.4. The van der Waals surface area contributed by atoms with Gasteiger partial charge in [-0.3, -0.25) is 9.59 Å². The predicted octanol–water partition coefficient (Wildman–Crippen LogP) is 1.65. The highest BCUT2D eigenvalue weighted by molar-refractivity contribution is 5.76. The molecular weight excluding hydrogens is 206 g/mol. The summed E-state index contributed by atoms with van der Waals surface area (Å²) >= 11 is 0.